The van der Waals surface area contributed by atoms with Gasteiger partial charge in [-0.3, -0.25) is 9.59 Å². The van der Waals surface area contributed by atoms with E-state index >= 15 is 0 Å². The molecule has 0 heterocycles. The molecule has 1 atom stereocenters. The standard InChI is InChI=1S/C21H20FNO4/c1-15(24)19(13-16-7-3-2-4-8-16)23-20(25)14-27-21(26)12-11-17-9-5-6-10-18(17)22/h2-12,19H,13-14H2,1H3,(H,23,25)/b12-11+/t19-/m0/s1. The average Bonchev–Trinajstić information content (AvgIpc) is 2.66. The molecule has 2 aromatic carbocycles. The summed E-state index contributed by atoms with van der Waals surface area (Å²) in [5, 5.41) is 2.55. The first-order chi connectivity index (χ1) is 13.0. The maximum absolute atomic E-state index is 13.5. The van der Waals surface area contributed by atoms with Crippen LogP contribution in [0.5, 0.6) is 0 Å². The normalized spacial score (nSPS) is 11.8. The van der Waals surface area contributed by atoms with E-state index in [-0.39, 0.29) is 11.3 Å². The number of hydrogen-bond acceptors (Lipinski definition) is 4. The highest BCUT2D eigenvalue weighted by atomic mass is 19.1. The number of Topliss-reactive ketones (excluding diaryl/α,β-unsaturated/α-hetero) is 1. The largest absolute Gasteiger partial charge is 0.452 e. The maximum Gasteiger partial charge on any atom is 0.331 e. The first-order valence-electron chi connectivity index (χ1n) is 8.39. The van der Waals surface area contributed by atoms with Gasteiger partial charge in [-0.25, -0.2) is 9.18 Å². The number of halogens is 1. The lowest BCUT2D eigenvalue weighted by Crippen LogP contribution is -2.43. The van der Waals surface area contributed by atoms with Gasteiger partial charge >= 0.3 is 5.97 Å². The molecule has 2 rings (SSSR count). The second-order valence-corrected chi connectivity index (χ2v) is 5.88. The monoisotopic (exact) mass is 369 g/mol. The number of rotatable bonds is 8. The third kappa shape index (κ3) is 6.86. The minimum absolute atomic E-state index is 0.196. The fourth-order valence-corrected chi connectivity index (χ4v) is 2.34. The van der Waals surface area contributed by atoms with Crippen LogP contribution in [-0.4, -0.2) is 30.3 Å². The third-order valence-corrected chi connectivity index (χ3v) is 3.76. The molecule has 0 aromatic heterocycles. The number of esters is 1. The minimum Gasteiger partial charge on any atom is -0.452 e. The third-order valence-electron chi connectivity index (χ3n) is 3.76. The van der Waals surface area contributed by atoms with Crippen LogP contribution < -0.4 is 5.32 Å². The summed E-state index contributed by atoms with van der Waals surface area (Å²) in [6.45, 7) is 0.857. The van der Waals surface area contributed by atoms with Crippen LogP contribution in [-0.2, 0) is 25.5 Å². The number of carbonyl (C=O) groups excluding carboxylic acids is 3. The van der Waals surface area contributed by atoms with Gasteiger partial charge in [-0.05, 0) is 31.1 Å². The molecule has 6 heteroatoms. The Kier molecular flexibility index (Phi) is 7.43. The first-order valence-corrected chi connectivity index (χ1v) is 8.39. The van der Waals surface area contributed by atoms with E-state index in [4.69, 9.17) is 4.74 Å². The second kappa shape index (κ2) is 10.0. The lowest BCUT2D eigenvalue weighted by molar-refractivity contribution is -0.144. The number of ether oxygens (including phenoxy) is 1. The van der Waals surface area contributed by atoms with Crippen molar-refractivity contribution in [1.82, 2.24) is 5.32 Å². The molecular formula is C21H20FNO4. The van der Waals surface area contributed by atoms with Crippen LogP contribution in [0, 0.1) is 5.82 Å². The zero-order valence-electron chi connectivity index (χ0n) is 14.9. The maximum atomic E-state index is 13.5. The Bertz CT molecular complexity index is 833. The Morgan fingerprint density at radius 2 is 1.74 bits per heavy atom. The summed E-state index contributed by atoms with van der Waals surface area (Å²) in [6, 6.07) is 14.5. The van der Waals surface area contributed by atoms with Crippen molar-refractivity contribution in [3.05, 3.63) is 77.6 Å². The van der Waals surface area contributed by atoms with E-state index in [1.54, 1.807) is 6.07 Å². The van der Waals surface area contributed by atoms with Crippen molar-refractivity contribution in [3.63, 3.8) is 0 Å². The summed E-state index contributed by atoms with van der Waals surface area (Å²) >= 11 is 0. The van der Waals surface area contributed by atoms with E-state index in [1.165, 1.54) is 31.2 Å². The van der Waals surface area contributed by atoms with Crippen molar-refractivity contribution < 1.29 is 23.5 Å². The quantitative estimate of drug-likeness (QED) is 0.574. The number of nitrogens with one attached hydrogen (secondary N) is 1. The van der Waals surface area contributed by atoms with Crippen LogP contribution in [0.1, 0.15) is 18.1 Å². The SMILES string of the molecule is CC(=O)[C@H](Cc1ccccc1)NC(=O)COC(=O)/C=C/c1ccccc1F. The smallest absolute Gasteiger partial charge is 0.331 e. The van der Waals surface area contributed by atoms with Crippen molar-refractivity contribution in [2.45, 2.75) is 19.4 Å². The van der Waals surface area contributed by atoms with E-state index in [0.717, 1.165) is 11.6 Å². The van der Waals surface area contributed by atoms with Crippen LogP contribution in [0.2, 0.25) is 0 Å². The van der Waals surface area contributed by atoms with Crippen LogP contribution in [0.3, 0.4) is 0 Å². The molecule has 0 radical (unpaired) electrons. The van der Waals surface area contributed by atoms with Crippen LogP contribution in [0.15, 0.2) is 60.7 Å². The molecule has 1 amide bonds. The van der Waals surface area contributed by atoms with Crippen molar-refractivity contribution in [2.24, 2.45) is 0 Å². The predicted octanol–water partition coefficient (Wildman–Crippen LogP) is 2.70. The molecule has 0 spiro atoms. The van der Waals surface area contributed by atoms with E-state index < -0.39 is 30.3 Å². The average molecular weight is 369 g/mol. The van der Waals surface area contributed by atoms with Gasteiger partial charge < -0.3 is 10.1 Å². The van der Waals surface area contributed by atoms with Crippen molar-refractivity contribution in [3.8, 4) is 0 Å². The number of hydrogen-bond donors (Lipinski definition) is 1. The fraction of sp³-hybridized carbons (Fsp3) is 0.190. The van der Waals surface area contributed by atoms with E-state index in [9.17, 15) is 18.8 Å². The van der Waals surface area contributed by atoms with Gasteiger partial charge in [0.1, 0.15) is 5.82 Å². The Labute approximate surface area is 156 Å². The molecule has 0 aliphatic rings. The molecule has 5 nitrogen and oxygen atoms in total. The minimum atomic E-state index is -0.782. The summed E-state index contributed by atoms with van der Waals surface area (Å²) in [7, 11) is 0. The van der Waals surface area contributed by atoms with Gasteiger partial charge in [-0.1, -0.05) is 48.5 Å². The Balaban J connectivity index is 1.84. The van der Waals surface area contributed by atoms with Crippen molar-refractivity contribution >= 4 is 23.7 Å². The Hall–Kier alpha value is -3.28. The lowest BCUT2D eigenvalue weighted by Gasteiger charge is -2.16. The van der Waals surface area contributed by atoms with E-state index in [1.807, 2.05) is 30.3 Å². The molecule has 0 saturated carbocycles. The molecule has 0 bridgehead atoms. The van der Waals surface area contributed by atoms with Gasteiger partial charge in [-0.2, -0.15) is 0 Å². The number of amides is 1. The van der Waals surface area contributed by atoms with Crippen molar-refractivity contribution in [2.75, 3.05) is 6.61 Å². The summed E-state index contributed by atoms with van der Waals surface area (Å²) in [6.07, 6.45) is 2.66. The van der Waals surface area contributed by atoms with Crippen LogP contribution >= 0.6 is 0 Å². The lowest BCUT2D eigenvalue weighted by atomic mass is 10.0. The zero-order valence-corrected chi connectivity index (χ0v) is 14.9. The highest BCUT2D eigenvalue weighted by Gasteiger charge is 2.18. The molecule has 0 aliphatic carbocycles. The molecule has 0 saturated heterocycles. The van der Waals surface area contributed by atoms with Gasteiger partial charge in [0.05, 0.1) is 6.04 Å². The molecule has 2 aromatic rings. The summed E-state index contributed by atoms with van der Waals surface area (Å²) in [4.78, 5) is 35.4. The van der Waals surface area contributed by atoms with Crippen molar-refractivity contribution in [1.29, 1.82) is 0 Å². The predicted molar refractivity (Wildman–Crippen MR) is 99.2 cm³/mol. The summed E-state index contributed by atoms with van der Waals surface area (Å²) < 4.78 is 18.3. The molecule has 0 fully saturated rings. The van der Waals surface area contributed by atoms with Gasteiger partial charge in [0.15, 0.2) is 12.4 Å². The Morgan fingerprint density at radius 3 is 2.41 bits per heavy atom. The summed E-state index contributed by atoms with van der Waals surface area (Å²) in [5.74, 6) is -2.03. The van der Waals surface area contributed by atoms with E-state index in [2.05, 4.69) is 5.32 Å². The highest BCUT2D eigenvalue weighted by molar-refractivity contribution is 5.91. The fourth-order valence-electron chi connectivity index (χ4n) is 2.34. The summed E-state index contributed by atoms with van der Waals surface area (Å²) in [5.41, 5.74) is 1.14. The second-order valence-electron chi connectivity index (χ2n) is 5.88. The van der Waals surface area contributed by atoms with Gasteiger partial charge in [0.25, 0.3) is 5.91 Å². The van der Waals surface area contributed by atoms with Crippen LogP contribution in [0.4, 0.5) is 4.39 Å². The molecule has 27 heavy (non-hydrogen) atoms. The molecule has 1 N–H and O–H groups in total. The molecule has 0 unspecified atom stereocenters. The van der Waals surface area contributed by atoms with Gasteiger partial charge in [-0.15, -0.1) is 0 Å². The molecule has 140 valence electrons. The zero-order chi connectivity index (χ0) is 19.6. The van der Waals surface area contributed by atoms with Gasteiger partial charge in [0.2, 0.25) is 0 Å². The first kappa shape index (κ1) is 20.0. The topological polar surface area (TPSA) is 72.5 Å². The Morgan fingerprint density at radius 1 is 1.07 bits per heavy atom. The molecule has 0 aliphatic heterocycles. The molecular weight excluding hydrogens is 349 g/mol. The van der Waals surface area contributed by atoms with Gasteiger partial charge in [0, 0.05) is 11.6 Å². The number of benzene rings is 2. The number of carbonyl (C=O) groups is 3. The highest BCUT2D eigenvalue weighted by Crippen LogP contribution is 2.08. The van der Waals surface area contributed by atoms with Crippen LogP contribution in [0.25, 0.3) is 6.08 Å². The number of ketones is 1. The van der Waals surface area contributed by atoms with E-state index in [0.29, 0.717) is 6.42 Å².